The molecule has 3 aliphatic rings. The molecule has 115 heavy (non-hydrogen) atoms. The van der Waals surface area contributed by atoms with Crippen molar-refractivity contribution in [1.82, 2.24) is 67.0 Å². The van der Waals surface area contributed by atoms with Crippen molar-refractivity contribution in [1.29, 1.82) is 0 Å². The Morgan fingerprint density at radius 2 is 1.03 bits per heavy atom. The summed E-state index contributed by atoms with van der Waals surface area (Å²) >= 11 is 8.43. The summed E-state index contributed by atoms with van der Waals surface area (Å²) in [4.78, 5) is 200. The minimum atomic E-state index is -1.66. The van der Waals surface area contributed by atoms with Gasteiger partial charge in [-0.05, 0) is 143 Å². The normalized spacial score (nSPS) is 18.4. The molecule has 0 saturated carbocycles. The van der Waals surface area contributed by atoms with Crippen molar-refractivity contribution in [2.45, 2.75) is 245 Å². The molecular formula is C78H130N14O21S2. The van der Waals surface area contributed by atoms with Crippen LogP contribution in [0.4, 0.5) is 0 Å². The SMILES string of the molecule is CC[C@H](C)[C@H](NC(=O)[C@H](CO)NC(=O)[C@@H]1CCCN1C(=O)C(S)NC(=O)COCCOCCNC(=O)CCC(C(=O)OC(C)(C)C)N1CCN(CC(=O)OC(C)(C)C)CCN(CC(=O)OC(C)(C)C)CC1)C(=O)N[C@@H](Cc1ccc(O)cc1)C(=O)N1CCC[C@H]1C(=O)N[C@@H](CC(C)C)C(=O)N[C@@H](CC(C)C)C(=O)N[C@@H](CS)C(N)=O. The number of benzene rings is 1. The first-order valence-corrected chi connectivity index (χ1v) is 40.9. The van der Waals surface area contributed by atoms with Crippen LogP contribution in [-0.2, 0) is 97.2 Å². The van der Waals surface area contributed by atoms with E-state index in [1.807, 2.05) is 42.4 Å². The highest BCUT2D eigenvalue weighted by molar-refractivity contribution is 7.81. The molecule has 3 saturated heterocycles. The van der Waals surface area contributed by atoms with Gasteiger partial charge in [-0.1, -0.05) is 60.1 Å². The molecule has 0 spiro atoms. The number of hydrogen-bond acceptors (Lipinski definition) is 26. The number of aliphatic hydroxyl groups is 1. The molecule has 2 unspecified atom stereocenters. The molecule has 3 heterocycles. The van der Waals surface area contributed by atoms with Gasteiger partial charge in [-0.15, -0.1) is 12.6 Å². The van der Waals surface area contributed by atoms with Crippen LogP contribution >= 0.6 is 25.3 Å². The number of aliphatic hydroxyl groups excluding tert-OH is 1. The highest BCUT2D eigenvalue weighted by atomic mass is 32.1. The maximum absolute atomic E-state index is 14.9. The first-order chi connectivity index (χ1) is 53.8. The molecule has 0 bridgehead atoms. The number of phenolic OH excluding ortho intramolecular Hbond substituents is 1. The van der Waals surface area contributed by atoms with Crippen molar-refractivity contribution in [2.24, 2.45) is 23.5 Å². The fraction of sp³-hybridized carbons (Fsp3) is 0.744. The van der Waals surface area contributed by atoms with Crippen molar-refractivity contribution in [2.75, 3.05) is 111 Å². The van der Waals surface area contributed by atoms with Gasteiger partial charge in [0.2, 0.25) is 59.1 Å². The van der Waals surface area contributed by atoms with Crippen molar-refractivity contribution in [3.63, 3.8) is 0 Å². The first-order valence-electron chi connectivity index (χ1n) is 39.8. The number of nitrogens with one attached hydrogen (secondary N) is 8. The largest absolute Gasteiger partial charge is 0.508 e. The molecule has 3 aliphatic heterocycles. The number of nitrogens with zero attached hydrogens (tertiary/aromatic N) is 5. The lowest BCUT2D eigenvalue weighted by molar-refractivity contribution is -0.163. The number of hydrogen-bond donors (Lipinski definition) is 13. The zero-order valence-electron chi connectivity index (χ0n) is 69.8. The quantitative estimate of drug-likeness (QED) is 0.0134. The highest BCUT2D eigenvalue weighted by Gasteiger charge is 2.43. The molecule has 0 radical (unpaired) electrons. The molecular weight excluding hydrogens is 1530 g/mol. The fourth-order valence-corrected chi connectivity index (χ4v) is 13.7. The minimum Gasteiger partial charge on any atom is -0.508 e. The molecule has 11 atom stereocenters. The van der Waals surface area contributed by atoms with E-state index >= 15 is 0 Å². The van der Waals surface area contributed by atoms with Crippen molar-refractivity contribution < 1.29 is 101 Å². The molecule has 650 valence electrons. The predicted octanol–water partition coefficient (Wildman–Crippen LogP) is -0.0138. The Kier molecular flexibility index (Phi) is 41.6. The van der Waals surface area contributed by atoms with Crippen molar-refractivity contribution in [3.05, 3.63) is 29.8 Å². The number of carbonyl (C=O) groups excluding carboxylic acids is 14. The molecule has 35 nitrogen and oxygen atoms in total. The van der Waals surface area contributed by atoms with Crippen LogP contribution in [0.3, 0.4) is 0 Å². The Hall–Kier alpha value is -7.94. The summed E-state index contributed by atoms with van der Waals surface area (Å²) in [5.74, 6) is -10.5. The molecule has 3 fully saturated rings. The minimum absolute atomic E-state index is 0.00674. The van der Waals surface area contributed by atoms with Crippen LogP contribution < -0.4 is 48.3 Å². The van der Waals surface area contributed by atoms with Gasteiger partial charge in [-0.25, -0.2) is 0 Å². The van der Waals surface area contributed by atoms with Gasteiger partial charge in [0.25, 0.3) is 5.91 Å². The standard InChI is InChI=1S/C78H130N14O21S2/c1-16-49(6)64(71(105)83-54(41-50-21-23-51(94)24-22-50)73(106)91-28-17-19-57(91)69(103)82-53(40-48(4)5)66(100)81-52(39-47(2)3)67(101)85-56(46-114)65(79)99)87-68(102)55(44-93)84-70(104)58-20-18-29-92(58)74(107)72(115)86-61(96)45-110-38-37-109-36-27-80-60(95)26-25-59(75(108)113-78(13,14)15)90-34-32-88(42-62(97)111-76(7,8)9)30-31-89(33-35-90)43-63(98)112-77(10,11)12/h21-24,47-49,52-59,64,72,93-94,114-115H,16-20,25-46H2,1-15H3,(H2,79,99)(H,80,95)(H,81,100)(H,82,103)(H,83,105)(H,84,104)(H,85,101)(H,86,96)(H,87,102)/t49-,52-,53-,54-,55-,56-,57-,58-,59?,64-,72?/m0/s1. The van der Waals surface area contributed by atoms with Gasteiger partial charge in [0.1, 0.15) is 83.5 Å². The number of ether oxygens (including phenoxy) is 5. The lowest BCUT2D eigenvalue weighted by Gasteiger charge is -2.33. The van der Waals surface area contributed by atoms with Crippen LogP contribution in [0.1, 0.15) is 167 Å². The van der Waals surface area contributed by atoms with Gasteiger partial charge >= 0.3 is 17.9 Å². The zero-order valence-corrected chi connectivity index (χ0v) is 71.6. The van der Waals surface area contributed by atoms with Gasteiger partial charge in [0, 0.05) is 77.5 Å². The molecule has 12 N–H and O–H groups in total. The molecule has 4 rings (SSSR count). The molecule has 11 amide bonds. The molecule has 37 heteroatoms. The third kappa shape index (κ3) is 36.2. The average molecular weight is 1660 g/mol. The Morgan fingerprint density at radius 1 is 0.557 bits per heavy atom. The summed E-state index contributed by atoms with van der Waals surface area (Å²) in [5, 5.41) is 40.5. The van der Waals surface area contributed by atoms with Crippen molar-refractivity contribution in [3.8, 4) is 5.75 Å². The monoisotopic (exact) mass is 1660 g/mol. The number of aromatic hydroxyl groups is 1. The topological polar surface area (TPSA) is 464 Å². The number of primary amides is 1. The van der Waals surface area contributed by atoms with E-state index in [4.69, 9.17) is 29.4 Å². The second kappa shape index (κ2) is 48.1. The van der Waals surface area contributed by atoms with E-state index in [1.54, 1.807) is 88.3 Å². The maximum Gasteiger partial charge on any atom is 0.323 e. The van der Waals surface area contributed by atoms with Gasteiger partial charge in [0.05, 0.1) is 39.5 Å². The summed E-state index contributed by atoms with van der Waals surface area (Å²) in [6.07, 6.45) is 1.47. The third-order valence-electron chi connectivity index (χ3n) is 19.0. The smallest absolute Gasteiger partial charge is 0.323 e. The molecule has 1 aromatic rings. The number of phenols is 1. The number of esters is 3. The van der Waals surface area contributed by atoms with Gasteiger partial charge in [-0.3, -0.25) is 81.8 Å². The van der Waals surface area contributed by atoms with Crippen molar-refractivity contribution >= 4 is 108 Å². The summed E-state index contributed by atoms with van der Waals surface area (Å²) in [6.45, 7) is 27.6. The van der Waals surface area contributed by atoms with E-state index in [9.17, 15) is 77.3 Å². The van der Waals surface area contributed by atoms with Crippen LogP contribution in [0.25, 0.3) is 0 Å². The summed E-state index contributed by atoms with van der Waals surface area (Å²) in [6, 6.07) is -5.17. The van der Waals surface area contributed by atoms with E-state index < -0.39 is 173 Å². The van der Waals surface area contributed by atoms with Crippen LogP contribution in [0.2, 0.25) is 0 Å². The fourth-order valence-electron chi connectivity index (χ4n) is 13.1. The van der Waals surface area contributed by atoms with Crippen LogP contribution in [0, 0.1) is 17.8 Å². The predicted molar refractivity (Wildman–Crippen MR) is 432 cm³/mol. The van der Waals surface area contributed by atoms with E-state index in [1.165, 1.54) is 21.9 Å². The number of carbonyl (C=O) groups is 14. The van der Waals surface area contributed by atoms with E-state index in [0.29, 0.717) is 64.1 Å². The van der Waals surface area contributed by atoms with E-state index in [2.05, 4.69) is 67.8 Å². The summed E-state index contributed by atoms with van der Waals surface area (Å²) in [5.41, 5.74) is 3.66. The second-order valence-electron chi connectivity index (χ2n) is 33.3. The Balaban J connectivity index is 1.32. The van der Waals surface area contributed by atoms with Crippen LogP contribution in [-0.4, -0.2) is 305 Å². The number of likely N-dealkylation sites (tertiary alicyclic amines) is 2. The molecule has 0 aliphatic carbocycles. The Bertz CT molecular complexity index is 3370. The average Bonchev–Trinajstić information content (AvgIpc) is 1.76. The summed E-state index contributed by atoms with van der Waals surface area (Å²) in [7, 11) is 0. The Morgan fingerprint density at radius 3 is 1.51 bits per heavy atom. The zero-order chi connectivity index (χ0) is 86.2. The first kappa shape index (κ1) is 99.4. The van der Waals surface area contributed by atoms with E-state index in [-0.39, 0.29) is 127 Å². The number of rotatable bonds is 43. The second-order valence-corrected chi connectivity index (χ2v) is 34.2. The Labute approximate surface area is 687 Å². The van der Waals surface area contributed by atoms with Gasteiger partial charge in [-0.2, -0.15) is 12.6 Å². The van der Waals surface area contributed by atoms with E-state index in [0.717, 1.165) is 0 Å². The number of nitrogens with two attached hydrogens (primary N) is 1. The number of thiol groups is 2. The lowest BCUT2D eigenvalue weighted by Crippen LogP contribution is -2.61. The third-order valence-corrected chi connectivity index (χ3v) is 19.7. The maximum atomic E-state index is 14.9. The molecule has 0 aromatic heterocycles. The molecule has 1 aromatic carbocycles. The van der Waals surface area contributed by atoms with Crippen LogP contribution in [0.15, 0.2) is 24.3 Å². The van der Waals surface area contributed by atoms with Gasteiger partial charge in [0.15, 0.2) is 5.37 Å². The van der Waals surface area contributed by atoms with Crippen LogP contribution in [0.5, 0.6) is 5.75 Å². The highest BCUT2D eigenvalue weighted by Crippen LogP contribution is 2.25. The van der Waals surface area contributed by atoms with Gasteiger partial charge < -0.3 is 92.0 Å². The number of amides is 11. The summed E-state index contributed by atoms with van der Waals surface area (Å²) < 4.78 is 28.2. The lowest BCUT2D eigenvalue weighted by atomic mass is 9.96.